The van der Waals surface area contributed by atoms with Gasteiger partial charge in [-0.15, -0.1) is 0 Å². The molecule has 0 saturated carbocycles. The second kappa shape index (κ2) is 23.1. The predicted octanol–water partition coefficient (Wildman–Crippen LogP) is 9.27. The fraction of sp³-hybridized carbons (Fsp3) is 0.149. The Bertz CT molecular complexity index is 3470. The van der Waals surface area contributed by atoms with Gasteiger partial charge in [0.15, 0.2) is 5.65 Å². The van der Waals surface area contributed by atoms with Crippen LogP contribution in [0.2, 0.25) is 10.0 Å². The molecule has 0 amide bonds. The zero-order valence-electron chi connectivity index (χ0n) is 37.0. The summed E-state index contributed by atoms with van der Waals surface area (Å²) < 4.78 is 108. The second-order valence-corrected chi connectivity index (χ2v) is 19.7. The molecule has 368 valence electrons. The standard InChI is InChI=1S/C20H16ClF2N5O.C19H15ClN4O4S2.C8H9F2NO/c21-15-6-16-14(10-24-18(16)25-11-15)5-12-7-26-20(27-8-12)28-9-13-3-1-2-4-17(13)29-19(22)23;1-29(25,26)19-22-9-13(10-23-19)7-14-12-24(18-17(14)8-15(20)11-21-18)30(27,28)16-5-3-2-4-6-16;9-8(10)12-7-4-2-1-3-6(7)5-11/h1-4,6-8,10-11,19H,5,9H2,(H,24,25)(H,26,27,28);2-6,8-12H,7H2,1H3;1-4,8H,5,11H2. The molecule has 4 N–H and O–H groups in total. The number of pyridine rings is 2. The van der Waals surface area contributed by atoms with Gasteiger partial charge in [-0.05, 0) is 58.7 Å². The Morgan fingerprint density at radius 1 is 0.662 bits per heavy atom. The highest BCUT2D eigenvalue weighted by Crippen LogP contribution is 2.29. The number of benzene rings is 3. The molecule has 0 aliphatic rings. The lowest BCUT2D eigenvalue weighted by atomic mass is 10.1. The van der Waals surface area contributed by atoms with E-state index in [0.717, 1.165) is 32.4 Å². The van der Waals surface area contributed by atoms with Crippen molar-refractivity contribution < 1.29 is 43.9 Å². The van der Waals surface area contributed by atoms with Crippen LogP contribution in [0, 0.1) is 0 Å². The number of halogens is 6. The Morgan fingerprint density at radius 3 is 1.80 bits per heavy atom. The van der Waals surface area contributed by atoms with Crippen molar-refractivity contribution in [3.63, 3.8) is 0 Å². The smallest absolute Gasteiger partial charge is 0.387 e. The summed E-state index contributed by atoms with van der Waals surface area (Å²) >= 11 is 12.1. The third-order valence-electron chi connectivity index (χ3n) is 10.1. The van der Waals surface area contributed by atoms with Crippen molar-refractivity contribution >= 4 is 71.1 Å². The summed E-state index contributed by atoms with van der Waals surface area (Å²) in [6.45, 7) is -5.21. The van der Waals surface area contributed by atoms with Crippen LogP contribution in [0.4, 0.5) is 23.5 Å². The first-order chi connectivity index (χ1) is 34.0. The molecule has 24 heteroatoms. The number of nitrogens with zero attached hydrogens (tertiary/aromatic N) is 7. The predicted molar refractivity (Wildman–Crippen MR) is 259 cm³/mol. The molecule has 0 aliphatic heterocycles. The van der Waals surface area contributed by atoms with Gasteiger partial charge in [0.2, 0.25) is 20.9 Å². The monoisotopic (exact) mass is 1050 g/mol. The number of sulfone groups is 1. The van der Waals surface area contributed by atoms with Crippen LogP contribution in [0.1, 0.15) is 33.4 Å². The summed E-state index contributed by atoms with van der Waals surface area (Å²) in [6.07, 6.45) is 14.5. The van der Waals surface area contributed by atoms with Gasteiger partial charge in [-0.1, -0.05) is 77.8 Å². The van der Waals surface area contributed by atoms with E-state index in [0.29, 0.717) is 50.1 Å². The van der Waals surface area contributed by atoms with Crippen molar-refractivity contribution in [3.05, 3.63) is 184 Å². The van der Waals surface area contributed by atoms with Crippen molar-refractivity contribution in [1.29, 1.82) is 0 Å². The van der Waals surface area contributed by atoms with Gasteiger partial charge in [-0.2, -0.15) is 17.6 Å². The van der Waals surface area contributed by atoms with Crippen LogP contribution >= 0.6 is 23.2 Å². The first-order valence-corrected chi connectivity index (χ1v) is 25.0. The number of nitrogens with one attached hydrogen (secondary N) is 2. The van der Waals surface area contributed by atoms with E-state index in [-0.39, 0.29) is 46.7 Å². The van der Waals surface area contributed by atoms with E-state index in [1.165, 1.54) is 49.1 Å². The maximum Gasteiger partial charge on any atom is 0.387 e. The first kappa shape index (κ1) is 51.6. The van der Waals surface area contributed by atoms with Crippen LogP contribution in [0.15, 0.2) is 151 Å². The quantitative estimate of drug-likeness (QED) is 0.0643. The number of anilines is 1. The minimum absolute atomic E-state index is 0.123. The third-order valence-corrected chi connectivity index (χ3v) is 13.0. The van der Waals surface area contributed by atoms with E-state index in [1.54, 1.807) is 79.3 Å². The van der Waals surface area contributed by atoms with E-state index >= 15 is 0 Å². The van der Waals surface area contributed by atoms with Crippen molar-refractivity contribution in [1.82, 2.24) is 38.9 Å². The summed E-state index contributed by atoms with van der Waals surface area (Å²) in [7, 11) is -7.39. The minimum Gasteiger partial charge on any atom is -0.434 e. The number of aromatic nitrogens is 8. The largest absolute Gasteiger partial charge is 0.434 e. The number of hydrogen-bond acceptors (Lipinski definition) is 14. The highest BCUT2D eigenvalue weighted by Gasteiger charge is 2.23. The normalized spacial score (nSPS) is 11.5. The van der Waals surface area contributed by atoms with Crippen LogP contribution in [0.5, 0.6) is 11.5 Å². The van der Waals surface area contributed by atoms with Gasteiger partial charge in [0.05, 0.1) is 14.9 Å². The highest BCUT2D eigenvalue weighted by atomic mass is 35.5. The van der Waals surface area contributed by atoms with Gasteiger partial charge in [-0.25, -0.2) is 50.7 Å². The molecule has 9 aromatic rings. The fourth-order valence-corrected chi connectivity index (χ4v) is 9.02. The average molecular weight is 1050 g/mol. The molecule has 0 spiro atoms. The fourth-order valence-electron chi connectivity index (χ4n) is 6.85. The van der Waals surface area contributed by atoms with Crippen LogP contribution in [0.25, 0.3) is 22.1 Å². The molecule has 0 atom stereocenters. The topological polar surface area (TPSA) is 223 Å². The minimum atomic E-state index is -3.88. The van der Waals surface area contributed by atoms with Crippen LogP contribution in [-0.4, -0.2) is 75.2 Å². The zero-order valence-corrected chi connectivity index (χ0v) is 40.1. The number of ether oxygens (including phenoxy) is 2. The number of H-pyrrole nitrogens is 1. The van der Waals surface area contributed by atoms with Gasteiger partial charge in [0, 0.05) is 104 Å². The Kier molecular flexibility index (Phi) is 16.8. The number of aromatic amines is 1. The number of rotatable bonds is 15. The van der Waals surface area contributed by atoms with Crippen molar-refractivity contribution in [2.75, 3.05) is 11.6 Å². The zero-order chi connectivity index (χ0) is 50.7. The molecule has 0 saturated heterocycles. The number of para-hydroxylation sites is 2. The van der Waals surface area contributed by atoms with Crippen LogP contribution in [0.3, 0.4) is 0 Å². The summed E-state index contributed by atoms with van der Waals surface area (Å²) in [4.78, 5) is 28.1. The molecule has 16 nitrogen and oxygen atoms in total. The van der Waals surface area contributed by atoms with Crippen molar-refractivity contribution in [2.24, 2.45) is 5.73 Å². The number of fused-ring (bicyclic) bond motifs is 2. The third kappa shape index (κ3) is 13.6. The molecule has 0 fully saturated rings. The lowest BCUT2D eigenvalue weighted by molar-refractivity contribution is -0.0510. The average Bonchev–Trinajstić information content (AvgIpc) is 3.92. The van der Waals surface area contributed by atoms with Gasteiger partial charge in [-0.3, -0.25) is 0 Å². The van der Waals surface area contributed by atoms with Crippen molar-refractivity contribution in [2.45, 2.75) is 49.2 Å². The molecular weight excluding hydrogens is 1010 g/mol. The van der Waals surface area contributed by atoms with E-state index in [2.05, 4.69) is 49.7 Å². The van der Waals surface area contributed by atoms with E-state index in [4.69, 9.17) is 28.9 Å². The molecule has 6 aromatic heterocycles. The molecule has 0 aliphatic carbocycles. The maximum absolute atomic E-state index is 13.2. The van der Waals surface area contributed by atoms with Gasteiger partial charge < -0.3 is 25.5 Å². The lowest BCUT2D eigenvalue weighted by Crippen LogP contribution is -2.12. The number of nitrogens with two attached hydrogens (primary N) is 1. The van der Waals surface area contributed by atoms with Gasteiger partial charge in [0.1, 0.15) is 17.1 Å². The number of hydrogen-bond donors (Lipinski definition) is 3. The Labute approximate surface area is 413 Å². The lowest BCUT2D eigenvalue weighted by Gasteiger charge is -2.11. The van der Waals surface area contributed by atoms with E-state index in [9.17, 15) is 34.4 Å². The van der Waals surface area contributed by atoms with E-state index < -0.39 is 33.1 Å². The molecule has 0 unspecified atom stereocenters. The SMILES string of the molecule is CS(=O)(=O)c1ncc(Cc2cn(S(=O)(=O)c3ccccc3)c3ncc(Cl)cc23)cn1.FC(F)Oc1ccccc1CNc1ncc(Cc2c[nH]c3ncc(Cl)cc23)cn1.NCc1ccccc1OC(F)F. The maximum atomic E-state index is 13.2. The summed E-state index contributed by atoms with van der Waals surface area (Å²) in [5, 5.41) is 5.20. The van der Waals surface area contributed by atoms with E-state index in [1.807, 2.05) is 12.3 Å². The molecule has 9 rings (SSSR count). The molecule has 0 bridgehead atoms. The summed E-state index contributed by atoms with van der Waals surface area (Å²) in [5.41, 5.74) is 10.7. The van der Waals surface area contributed by atoms with Gasteiger partial charge in [0.25, 0.3) is 10.0 Å². The summed E-state index contributed by atoms with van der Waals surface area (Å²) in [5.74, 6) is 0.664. The Morgan fingerprint density at radius 2 is 1.20 bits per heavy atom. The molecule has 3 aromatic carbocycles. The Balaban J connectivity index is 0.000000170. The van der Waals surface area contributed by atoms with Crippen LogP contribution < -0.4 is 20.5 Å². The second-order valence-electron chi connectivity index (χ2n) is 15.1. The molecule has 6 heterocycles. The highest BCUT2D eigenvalue weighted by molar-refractivity contribution is 7.90. The number of alkyl halides is 4. The molecule has 71 heavy (non-hydrogen) atoms. The van der Waals surface area contributed by atoms with Gasteiger partial charge >= 0.3 is 13.2 Å². The Hall–Kier alpha value is -7.24. The van der Waals surface area contributed by atoms with Crippen molar-refractivity contribution in [3.8, 4) is 11.5 Å². The summed E-state index contributed by atoms with van der Waals surface area (Å²) in [6, 6.07) is 24.6. The van der Waals surface area contributed by atoms with Crippen LogP contribution in [-0.2, 0) is 45.8 Å². The molecule has 0 radical (unpaired) electrons. The first-order valence-electron chi connectivity index (χ1n) is 20.9. The molecular formula is C47H40Cl2F4N10O6S2.